The van der Waals surface area contributed by atoms with Gasteiger partial charge in [0, 0.05) is 0 Å². The number of rotatable bonds is 2. The first-order chi connectivity index (χ1) is 3.31. The van der Waals surface area contributed by atoms with Crippen molar-refractivity contribution in [1.82, 2.24) is 0 Å². The van der Waals surface area contributed by atoms with Crippen molar-refractivity contribution in [1.29, 1.82) is 0 Å². The van der Waals surface area contributed by atoms with Crippen molar-refractivity contribution in [3.05, 3.63) is 0 Å². The molecule has 0 aromatic heterocycles. The molecule has 0 aliphatic carbocycles. The van der Waals surface area contributed by atoms with Gasteiger partial charge in [-0.3, -0.25) is 0 Å². The fraction of sp³-hybridized carbons (Fsp3) is 0.750. The van der Waals surface area contributed by atoms with E-state index in [-0.39, 0.29) is 5.97 Å². The summed E-state index contributed by atoms with van der Waals surface area (Å²) in [5.74, 6) is -0.0880. The maximum atomic E-state index is 10.2. The Kier molecular flexibility index (Phi) is 4.94. The molecular formula is C4H7NaO2. The van der Waals surface area contributed by atoms with Crippen molar-refractivity contribution in [2.45, 2.75) is 10.1 Å². The van der Waals surface area contributed by atoms with Crippen molar-refractivity contribution in [3.63, 3.8) is 0 Å². The number of hydrogen-bond acceptors (Lipinski definition) is 2. The molecule has 0 rings (SSSR count). The Morgan fingerprint density at radius 2 is 2.43 bits per heavy atom. The Morgan fingerprint density at radius 1 is 1.86 bits per heavy atom. The Bertz CT molecular complexity index is 62.7. The molecule has 7 heavy (non-hydrogen) atoms. The fourth-order valence-corrected chi connectivity index (χ4v) is 0.714. The summed E-state index contributed by atoms with van der Waals surface area (Å²) in [7, 11) is 1.42. The minimum absolute atomic E-state index is 0.0880. The van der Waals surface area contributed by atoms with Gasteiger partial charge in [-0.05, 0) is 0 Å². The summed E-state index contributed by atoms with van der Waals surface area (Å²) in [5.41, 5.74) is 0. The van der Waals surface area contributed by atoms with Gasteiger partial charge in [-0.25, -0.2) is 0 Å². The van der Waals surface area contributed by atoms with Crippen LogP contribution in [0.2, 0.25) is 3.67 Å². The van der Waals surface area contributed by atoms with E-state index in [1.165, 1.54) is 7.11 Å². The molecule has 0 aliphatic heterocycles. The first-order valence-electron chi connectivity index (χ1n) is 2.38. The summed E-state index contributed by atoms with van der Waals surface area (Å²) in [6, 6.07) is 0. The Hall–Kier alpha value is 0.470. The molecule has 0 heterocycles. The Labute approximate surface area is 60.6 Å². The van der Waals surface area contributed by atoms with E-state index in [0.717, 1.165) is 31.6 Å². The summed E-state index contributed by atoms with van der Waals surface area (Å²) < 4.78 is 5.38. The van der Waals surface area contributed by atoms with Gasteiger partial charge in [-0.15, -0.1) is 0 Å². The van der Waals surface area contributed by atoms with Crippen LogP contribution in [0.15, 0.2) is 0 Å². The molecule has 0 radical (unpaired) electrons. The quantitative estimate of drug-likeness (QED) is 0.373. The molecule has 0 unspecified atom stereocenters. The third-order valence-electron chi connectivity index (χ3n) is 0.682. The Balaban J connectivity index is 3.00. The van der Waals surface area contributed by atoms with Gasteiger partial charge in [0.2, 0.25) is 0 Å². The summed E-state index contributed by atoms with van der Waals surface area (Å²) >= 11 is 1.09. The van der Waals surface area contributed by atoms with Gasteiger partial charge < -0.3 is 0 Å². The van der Waals surface area contributed by atoms with E-state index in [4.69, 9.17) is 0 Å². The molecule has 3 heteroatoms. The van der Waals surface area contributed by atoms with E-state index in [2.05, 4.69) is 4.74 Å². The van der Waals surface area contributed by atoms with Gasteiger partial charge in [-0.2, -0.15) is 0 Å². The third-order valence-corrected chi connectivity index (χ3v) is 1.18. The summed E-state index contributed by atoms with van der Waals surface area (Å²) in [4.78, 5) is 10.2. The minimum atomic E-state index is -0.0880. The average molecular weight is 110 g/mol. The SMILES string of the molecule is COC(=O)C[CH2][Na]. The summed E-state index contributed by atoms with van der Waals surface area (Å²) in [5, 5.41) is 0. The average Bonchev–Trinajstić information content (AvgIpc) is 1.68. The first-order valence-corrected chi connectivity index (χ1v) is 3.79. The predicted octanol–water partition coefficient (Wildman–Crippen LogP) is 0.136. The molecule has 0 aliphatic rings. The number of hydrogen-bond donors (Lipinski definition) is 0. The van der Waals surface area contributed by atoms with Crippen molar-refractivity contribution < 1.29 is 9.53 Å². The van der Waals surface area contributed by atoms with E-state index in [9.17, 15) is 4.79 Å². The van der Waals surface area contributed by atoms with Crippen LogP contribution in [-0.2, 0) is 9.53 Å². The maximum absolute atomic E-state index is 10.2. The van der Waals surface area contributed by atoms with Crippen LogP contribution < -0.4 is 0 Å². The molecular weight excluding hydrogens is 103 g/mol. The normalized spacial score (nSPS) is 8.43. The van der Waals surface area contributed by atoms with Crippen molar-refractivity contribution in [2.24, 2.45) is 0 Å². The number of carbonyl (C=O) groups is 1. The van der Waals surface area contributed by atoms with E-state index >= 15 is 0 Å². The number of methoxy groups -OCH3 is 1. The van der Waals surface area contributed by atoms with Crippen molar-refractivity contribution in [3.8, 4) is 0 Å². The molecule has 0 bridgehead atoms. The first kappa shape index (κ1) is 7.47. The zero-order valence-corrected chi connectivity index (χ0v) is 6.73. The zero-order valence-electron chi connectivity index (χ0n) is 4.73. The molecule has 0 aromatic rings. The van der Waals surface area contributed by atoms with Crippen molar-refractivity contribution in [2.75, 3.05) is 7.11 Å². The van der Waals surface area contributed by atoms with Gasteiger partial charge in [0.25, 0.3) is 0 Å². The standard InChI is InChI=1S/C4H7O2.Na/c1-3-4(5)6-2;/h1,3H2,2H3;. The van der Waals surface area contributed by atoms with Crippen LogP contribution >= 0.6 is 0 Å². The number of carbonyl (C=O) groups excluding carboxylic acids is 1. The second-order valence-electron chi connectivity index (χ2n) is 1.33. The predicted molar refractivity (Wildman–Crippen MR) is 27.2 cm³/mol. The van der Waals surface area contributed by atoms with Crippen LogP contribution in [0.3, 0.4) is 0 Å². The van der Waals surface area contributed by atoms with Gasteiger partial charge in [0.05, 0.1) is 0 Å². The number of ether oxygens (including phenoxy) is 1. The van der Waals surface area contributed by atoms with Crippen LogP contribution in [0.5, 0.6) is 0 Å². The summed E-state index contributed by atoms with van der Waals surface area (Å²) in [6.07, 6.45) is 0.600. The van der Waals surface area contributed by atoms with Gasteiger partial charge >= 0.3 is 60.6 Å². The van der Waals surface area contributed by atoms with Crippen molar-refractivity contribution >= 4 is 33.9 Å². The van der Waals surface area contributed by atoms with Gasteiger partial charge in [0.15, 0.2) is 0 Å². The van der Waals surface area contributed by atoms with Crippen LogP contribution in [-0.4, -0.2) is 41.0 Å². The molecule has 0 aromatic carbocycles. The van der Waals surface area contributed by atoms with Crippen LogP contribution in [0.4, 0.5) is 0 Å². The fourth-order valence-electron chi connectivity index (χ4n) is 0.306. The van der Waals surface area contributed by atoms with Crippen LogP contribution in [0.25, 0.3) is 0 Å². The number of esters is 1. The molecule has 0 spiro atoms. The van der Waals surface area contributed by atoms with E-state index < -0.39 is 0 Å². The van der Waals surface area contributed by atoms with Gasteiger partial charge in [0.1, 0.15) is 0 Å². The topological polar surface area (TPSA) is 26.3 Å². The molecule has 0 fully saturated rings. The molecule has 0 atom stereocenters. The monoisotopic (exact) mass is 110 g/mol. The molecule has 2 nitrogen and oxygen atoms in total. The van der Waals surface area contributed by atoms with E-state index in [1.807, 2.05) is 0 Å². The molecule has 0 amide bonds. The van der Waals surface area contributed by atoms with E-state index in [1.54, 1.807) is 0 Å². The second-order valence-corrected chi connectivity index (χ2v) is 2.33. The summed E-state index contributed by atoms with van der Waals surface area (Å²) in [6.45, 7) is 0. The van der Waals surface area contributed by atoms with Crippen LogP contribution in [0, 0.1) is 0 Å². The Morgan fingerprint density at radius 3 is 2.57 bits per heavy atom. The third kappa shape index (κ3) is 4.32. The molecule has 0 saturated carbocycles. The van der Waals surface area contributed by atoms with Crippen LogP contribution in [0.1, 0.15) is 6.42 Å². The van der Waals surface area contributed by atoms with Gasteiger partial charge in [-0.1, -0.05) is 0 Å². The molecule has 0 N–H and O–H groups in total. The van der Waals surface area contributed by atoms with E-state index in [0.29, 0.717) is 6.42 Å². The zero-order chi connectivity index (χ0) is 5.70. The molecule has 0 saturated heterocycles. The second kappa shape index (κ2) is 4.62. The molecule has 36 valence electrons.